The Morgan fingerprint density at radius 3 is 2.48 bits per heavy atom. The van der Waals surface area contributed by atoms with E-state index in [4.69, 9.17) is 0 Å². The molecule has 4 nitrogen and oxygen atoms in total. The molecule has 0 saturated carbocycles. The standard InChI is InChI=1S/C17H20F4N4S.HI/c1-10-15(26-11(2)25-10)6-7-23-16(22-3)24-9-12-4-5-13(18)8-14(12)17(19,20)21;/h4-5,8H,6-7,9H2,1-3H3,(H2,22,23,24);1H. The summed E-state index contributed by atoms with van der Waals surface area (Å²) in [6.45, 7) is 4.33. The highest BCUT2D eigenvalue weighted by molar-refractivity contribution is 14.0. The van der Waals surface area contributed by atoms with Crippen LogP contribution in [-0.2, 0) is 19.1 Å². The van der Waals surface area contributed by atoms with Gasteiger partial charge in [0, 0.05) is 31.4 Å². The van der Waals surface area contributed by atoms with Gasteiger partial charge in [0.05, 0.1) is 16.3 Å². The Morgan fingerprint density at radius 1 is 1.22 bits per heavy atom. The van der Waals surface area contributed by atoms with Crippen molar-refractivity contribution in [2.45, 2.75) is 33.0 Å². The third-order valence-electron chi connectivity index (χ3n) is 3.69. The molecule has 0 fully saturated rings. The van der Waals surface area contributed by atoms with Gasteiger partial charge in [-0.1, -0.05) is 6.07 Å². The first-order valence-corrected chi connectivity index (χ1v) is 8.75. The molecule has 150 valence electrons. The topological polar surface area (TPSA) is 49.3 Å². The molecular formula is C17H21F4IN4S. The van der Waals surface area contributed by atoms with Crippen LogP contribution in [0.15, 0.2) is 23.2 Å². The lowest BCUT2D eigenvalue weighted by Crippen LogP contribution is -2.38. The molecule has 0 amide bonds. The van der Waals surface area contributed by atoms with Crippen molar-refractivity contribution in [2.75, 3.05) is 13.6 Å². The molecule has 0 saturated heterocycles. The van der Waals surface area contributed by atoms with E-state index >= 15 is 0 Å². The smallest absolute Gasteiger partial charge is 0.356 e. The van der Waals surface area contributed by atoms with Crippen LogP contribution < -0.4 is 10.6 Å². The fourth-order valence-electron chi connectivity index (χ4n) is 2.47. The lowest BCUT2D eigenvalue weighted by molar-refractivity contribution is -0.138. The number of alkyl halides is 3. The number of aromatic nitrogens is 1. The molecule has 27 heavy (non-hydrogen) atoms. The normalized spacial score (nSPS) is 11.9. The van der Waals surface area contributed by atoms with Crippen LogP contribution in [0, 0.1) is 19.7 Å². The number of hydrogen-bond donors (Lipinski definition) is 2. The van der Waals surface area contributed by atoms with Gasteiger partial charge in [-0.3, -0.25) is 4.99 Å². The molecule has 1 aromatic carbocycles. The molecule has 0 aliphatic rings. The van der Waals surface area contributed by atoms with E-state index in [-0.39, 0.29) is 36.1 Å². The number of thiazole rings is 1. The third kappa shape index (κ3) is 6.91. The molecule has 10 heteroatoms. The number of nitrogens with zero attached hydrogens (tertiary/aromatic N) is 2. The van der Waals surface area contributed by atoms with Crippen molar-refractivity contribution >= 4 is 41.3 Å². The lowest BCUT2D eigenvalue weighted by Gasteiger charge is -2.16. The van der Waals surface area contributed by atoms with Gasteiger partial charge in [0.25, 0.3) is 0 Å². The zero-order chi connectivity index (χ0) is 19.3. The molecule has 0 atom stereocenters. The molecular weight excluding hydrogens is 495 g/mol. The second-order valence-corrected chi connectivity index (χ2v) is 6.93. The van der Waals surface area contributed by atoms with Gasteiger partial charge in [0.15, 0.2) is 5.96 Å². The molecule has 0 spiro atoms. The summed E-state index contributed by atoms with van der Waals surface area (Å²) in [6.07, 6.45) is -3.87. The van der Waals surface area contributed by atoms with Gasteiger partial charge in [0.2, 0.25) is 0 Å². The Balaban J connectivity index is 0.00000364. The van der Waals surface area contributed by atoms with Crippen LogP contribution in [0.25, 0.3) is 0 Å². The summed E-state index contributed by atoms with van der Waals surface area (Å²) in [7, 11) is 1.53. The summed E-state index contributed by atoms with van der Waals surface area (Å²) in [5.74, 6) is -0.542. The second kappa shape index (κ2) is 10.2. The van der Waals surface area contributed by atoms with Crippen molar-refractivity contribution in [1.29, 1.82) is 0 Å². The van der Waals surface area contributed by atoms with Gasteiger partial charge < -0.3 is 10.6 Å². The fraction of sp³-hybridized carbons (Fsp3) is 0.412. The summed E-state index contributed by atoms with van der Waals surface area (Å²) in [5, 5.41) is 6.88. The maximum absolute atomic E-state index is 13.1. The first kappa shape index (κ1) is 23.6. The van der Waals surface area contributed by atoms with E-state index in [1.807, 2.05) is 13.8 Å². The highest BCUT2D eigenvalue weighted by Crippen LogP contribution is 2.32. The number of benzene rings is 1. The number of aryl methyl sites for hydroxylation is 2. The number of halogens is 5. The molecule has 2 rings (SSSR count). The van der Waals surface area contributed by atoms with Gasteiger partial charge in [0.1, 0.15) is 5.82 Å². The van der Waals surface area contributed by atoms with Gasteiger partial charge in [-0.05, 0) is 31.5 Å². The van der Waals surface area contributed by atoms with Gasteiger partial charge in [-0.25, -0.2) is 9.37 Å². The van der Waals surface area contributed by atoms with Crippen LogP contribution in [0.1, 0.15) is 26.7 Å². The van der Waals surface area contributed by atoms with Gasteiger partial charge >= 0.3 is 6.18 Å². The monoisotopic (exact) mass is 516 g/mol. The van der Waals surface area contributed by atoms with Crippen LogP contribution in [-0.4, -0.2) is 24.5 Å². The summed E-state index contributed by atoms with van der Waals surface area (Å²) < 4.78 is 52.2. The van der Waals surface area contributed by atoms with E-state index < -0.39 is 17.6 Å². The molecule has 0 radical (unpaired) electrons. The van der Waals surface area contributed by atoms with E-state index in [1.54, 1.807) is 11.3 Å². The molecule has 0 bridgehead atoms. The Morgan fingerprint density at radius 2 is 1.93 bits per heavy atom. The zero-order valence-corrected chi connectivity index (χ0v) is 18.2. The average Bonchev–Trinajstić information content (AvgIpc) is 2.88. The minimum atomic E-state index is -4.61. The van der Waals surface area contributed by atoms with Crippen LogP contribution in [0.2, 0.25) is 0 Å². The Hall–Kier alpha value is -1.43. The van der Waals surface area contributed by atoms with Crippen molar-refractivity contribution in [3.8, 4) is 0 Å². The highest BCUT2D eigenvalue weighted by atomic mass is 127. The third-order valence-corrected chi connectivity index (χ3v) is 4.82. The average molecular weight is 516 g/mol. The zero-order valence-electron chi connectivity index (χ0n) is 15.1. The number of nitrogens with one attached hydrogen (secondary N) is 2. The van der Waals surface area contributed by atoms with E-state index in [2.05, 4.69) is 20.6 Å². The quantitative estimate of drug-likeness (QED) is 0.268. The first-order chi connectivity index (χ1) is 12.2. The molecule has 1 heterocycles. The first-order valence-electron chi connectivity index (χ1n) is 7.93. The molecule has 0 unspecified atom stereocenters. The Bertz CT molecular complexity index is 790. The van der Waals surface area contributed by atoms with Crippen LogP contribution in [0.4, 0.5) is 17.6 Å². The Kier molecular flexibility index (Phi) is 8.92. The fourth-order valence-corrected chi connectivity index (χ4v) is 3.40. The van der Waals surface area contributed by atoms with Crippen molar-refractivity contribution in [3.05, 3.63) is 50.7 Å². The van der Waals surface area contributed by atoms with Crippen molar-refractivity contribution in [2.24, 2.45) is 4.99 Å². The summed E-state index contributed by atoms with van der Waals surface area (Å²) in [6, 6.07) is 2.64. The van der Waals surface area contributed by atoms with E-state index in [1.165, 1.54) is 7.05 Å². The van der Waals surface area contributed by atoms with E-state index in [0.717, 1.165) is 34.1 Å². The summed E-state index contributed by atoms with van der Waals surface area (Å²) >= 11 is 1.62. The maximum Gasteiger partial charge on any atom is 0.416 e. The van der Waals surface area contributed by atoms with Gasteiger partial charge in [-0.2, -0.15) is 13.2 Å². The SMILES string of the molecule is CN=C(NCCc1sc(C)nc1C)NCc1ccc(F)cc1C(F)(F)F.I. The van der Waals surface area contributed by atoms with Crippen LogP contribution in [0.3, 0.4) is 0 Å². The highest BCUT2D eigenvalue weighted by Gasteiger charge is 2.33. The summed E-state index contributed by atoms with van der Waals surface area (Å²) in [4.78, 5) is 9.51. The number of rotatable bonds is 5. The lowest BCUT2D eigenvalue weighted by atomic mass is 10.1. The molecule has 0 aliphatic carbocycles. The number of hydrogen-bond acceptors (Lipinski definition) is 3. The van der Waals surface area contributed by atoms with Crippen LogP contribution in [0.5, 0.6) is 0 Å². The predicted octanol–water partition coefficient (Wildman–Crippen LogP) is 4.44. The molecule has 2 aromatic rings. The minimum Gasteiger partial charge on any atom is -0.356 e. The van der Waals surface area contributed by atoms with E-state index in [9.17, 15) is 17.6 Å². The number of aliphatic imine (C=N–C) groups is 1. The van der Waals surface area contributed by atoms with Crippen molar-refractivity contribution < 1.29 is 17.6 Å². The maximum atomic E-state index is 13.1. The molecule has 0 aliphatic heterocycles. The molecule has 1 aromatic heterocycles. The second-order valence-electron chi connectivity index (χ2n) is 5.64. The van der Waals surface area contributed by atoms with E-state index in [0.29, 0.717) is 18.6 Å². The largest absolute Gasteiger partial charge is 0.416 e. The Labute approximate surface area is 176 Å². The minimum absolute atomic E-state index is 0. The predicted molar refractivity (Wildman–Crippen MR) is 110 cm³/mol. The van der Waals surface area contributed by atoms with Crippen molar-refractivity contribution in [3.63, 3.8) is 0 Å². The molecule has 2 N–H and O–H groups in total. The van der Waals surface area contributed by atoms with Crippen molar-refractivity contribution in [1.82, 2.24) is 15.6 Å². The number of guanidine groups is 1. The summed E-state index contributed by atoms with van der Waals surface area (Å²) in [5.41, 5.74) is -0.0506. The van der Waals surface area contributed by atoms with Gasteiger partial charge in [-0.15, -0.1) is 35.3 Å². The van der Waals surface area contributed by atoms with Crippen LogP contribution >= 0.6 is 35.3 Å².